The summed E-state index contributed by atoms with van der Waals surface area (Å²) in [6, 6.07) is 8.78. The molecule has 0 aliphatic rings. The zero-order chi connectivity index (χ0) is 17.8. The van der Waals surface area contributed by atoms with E-state index >= 15 is 0 Å². The molecule has 0 aliphatic heterocycles. The van der Waals surface area contributed by atoms with E-state index in [9.17, 15) is 18.0 Å². The lowest BCUT2D eigenvalue weighted by Crippen LogP contribution is -2.13. The Hall–Kier alpha value is -3.16. The number of amides is 1. The van der Waals surface area contributed by atoms with E-state index < -0.39 is 23.4 Å². The van der Waals surface area contributed by atoms with E-state index in [1.807, 2.05) is 0 Å². The van der Waals surface area contributed by atoms with Crippen molar-refractivity contribution in [2.45, 2.75) is 12.8 Å². The smallest absolute Gasteiger partial charge is 0.250 e. The molecule has 0 spiro atoms. The van der Waals surface area contributed by atoms with Gasteiger partial charge < -0.3 is 9.73 Å². The van der Waals surface area contributed by atoms with Crippen LogP contribution >= 0.6 is 0 Å². The van der Waals surface area contributed by atoms with Crippen molar-refractivity contribution in [1.82, 2.24) is 10.2 Å². The Kier molecular flexibility index (Phi) is 4.78. The maximum atomic E-state index is 13.7. The summed E-state index contributed by atoms with van der Waals surface area (Å²) in [5, 5.41) is 9.82. The summed E-state index contributed by atoms with van der Waals surface area (Å²) in [4.78, 5) is 11.8. The van der Waals surface area contributed by atoms with Crippen LogP contribution in [0, 0.1) is 17.5 Å². The third-order valence-electron chi connectivity index (χ3n) is 3.34. The first-order valence-corrected chi connectivity index (χ1v) is 7.35. The van der Waals surface area contributed by atoms with E-state index in [-0.39, 0.29) is 35.9 Å². The number of carbonyl (C=O) groups excluding carboxylic acids is 1. The molecule has 1 heterocycles. The molecule has 8 heteroatoms. The molecule has 2 aromatic carbocycles. The highest BCUT2D eigenvalue weighted by Gasteiger charge is 2.14. The molecule has 0 unspecified atom stereocenters. The summed E-state index contributed by atoms with van der Waals surface area (Å²) in [6.45, 7) is 0. The number of hydrogen-bond acceptors (Lipinski definition) is 4. The molecule has 0 radical (unpaired) electrons. The third-order valence-corrected chi connectivity index (χ3v) is 3.34. The fourth-order valence-corrected chi connectivity index (χ4v) is 2.12. The fourth-order valence-electron chi connectivity index (χ4n) is 2.12. The summed E-state index contributed by atoms with van der Waals surface area (Å²) < 4.78 is 45.3. The van der Waals surface area contributed by atoms with E-state index in [0.717, 1.165) is 12.1 Å². The number of carbonyl (C=O) groups is 1. The minimum absolute atomic E-state index is 0.0121. The van der Waals surface area contributed by atoms with Crippen LogP contribution < -0.4 is 5.32 Å². The molecule has 0 aliphatic carbocycles. The molecule has 0 fully saturated rings. The van der Waals surface area contributed by atoms with Gasteiger partial charge in [0.1, 0.15) is 17.5 Å². The Labute approximate surface area is 140 Å². The molecule has 0 bridgehead atoms. The van der Waals surface area contributed by atoms with Crippen LogP contribution in [0.1, 0.15) is 12.3 Å². The fraction of sp³-hybridized carbons (Fsp3) is 0.118. The highest BCUT2D eigenvalue weighted by Crippen LogP contribution is 2.21. The van der Waals surface area contributed by atoms with Crippen molar-refractivity contribution in [2.75, 3.05) is 5.32 Å². The van der Waals surface area contributed by atoms with Crippen LogP contribution in [0.25, 0.3) is 11.5 Å². The monoisotopic (exact) mass is 347 g/mol. The van der Waals surface area contributed by atoms with Gasteiger partial charge >= 0.3 is 0 Å². The van der Waals surface area contributed by atoms with Gasteiger partial charge in [0.05, 0.1) is 11.3 Å². The molecule has 1 aromatic heterocycles. The van der Waals surface area contributed by atoms with Gasteiger partial charge in [-0.25, -0.2) is 13.2 Å². The number of nitrogens with one attached hydrogen (secondary N) is 1. The van der Waals surface area contributed by atoms with E-state index in [1.54, 1.807) is 6.07 Å². The molecule has 0 saturated carbocycles. The molecule has 128 valence electrons. The van der Waals surface area contributed by atoms with Gasteiger partial charge in [-0.2, -0.15) is 0 Å². The minimum atomic E-state index is -0.868. The number of anilines is 1. The van der Waals surface area contributed by atoms with Crippen LogP contribution in [0.5, 0.6) is 0 Å². The standard InChI is InChI=1S/C17H12F3N3O2/c18-10-5-6-14(13(20)9-10)21-15(24)7-8-16-22-23-17(25-16)11-3-1-2-4-12(11)19/h1-6,9H,7-8H2,(H,21,24). The predicted octanol–water partition coefficient (Wildman–Crippen LogP) is 3.73. The van der Waals surface area contributed by atoms with Gasteiger partial charge in [0.2, 0.25) is 11.8 Å². The van der Waals surface area contributed by atoms with E-state index in [2.05, 4.69) is 15.5 Å². The lowest BCUT2D eigenvalue weighted by atomic mass is 10.2. The van der Waals surface area contributed by atoms with E-state index in [1.165, 1.54) is 18.2 Å². The molecule has 0 atom stereocenters. The van der Waals surface area contributed by atoms with Crippen molar-refractivity contribution in [1.29, 1.82) is 0 Å². The number of aryl methyl sites for hydroxylation is 1. The summed E-state index contributed by atoms with van der Waals surface area (Å²) in [5.41, 5.74) is 0.0445. The van der Waals surface area contributed by atoms with Gasteiger partial charge in [0.25, 0.3) is 5.89 Å². The zero-order valence-electron chi connectivity index (χ0n) is 12.8. The molecule has 1 N–H and O–H groups in total. The molecule has 25 heavy (non-hydrogen) atoms. The second-order valence-corrected chi connectivity index (χ2v) is 5.15. The second kappa shape index (κ2) is 7.16. The molecule has 3 rings (SSSR count). The van der Waals surface area contributed by atoms with E-state index in [4.69, 9.17) is 4.42 Å². The van der Waals surface area contributed by atoms with Crippen LogP contribution in [0.4, 0.5) is 18.9 Å². The Morgan fingerprint density at radius 3 is 2.60 bits per heavy atom. The van der Waals surface area contributed by atoms with Gasteiger partial charge in [-0.15, -0.1) is 10.2 Å². The normalized spacial score (nSPS) is 10.7. The van der Waals surface area contributed by atoms with Crippen molar-refractivity contribution in [3.63, 3.8) is 0 Å². The SMILES string of the molecule is O=C(CCc1nnc(-c2ccccc2F)o1)Nc1ccc(F)cc1F. The van der Waals surface area contributed by atoms with Gasteiger partial charge in [0, 0.05) is 18.9 Å². The Morgan fingerprint density at radius 1 is 1.04 bits per heavy atom. The number of halogens is 3. The number of hydrogen-bond donors (Lipinski definition) is 1. The number of nitrogens with zero attached hydrogens (tertiary/aromatic N) is 2. The predicted molar refractivity (Wildman–Crippen MR) is 83.0 cm³/mol. The topological polar surface area (TPSA) is 68.0 Å². The number of aromatic nitrogens is 2. The average Bonchev–Trinajstić information content (AvgIpc) is 3.05. The quantitative estimate of drug-likeness (QED) is 0.764. The lowest BCUT2D eigenvalue weighted by Gasteiger charge is -2.05. The van der Waals surface area contributed by atoms with Gasteiger partial charge in [-0.1, -0.05) is 12.1 Å². The molecule has 0 saturated heterocycles. The third kappa shape index (κ3) is 4.03. The Bertz CT molecular complexity index is 912. The Morgan fingerprint density at radius 2 is 1.84 bits per heavy atom. The zero-order valence-corrected chi connectivity index (χ0v) is 12.8. The largest absolute Gasteiger partial charge is 0.421 e. The maximum absolute atomic E-state index is 13.7. The molecule has 3 aromatic rings. The second-order valence-electron chi connectivity index (χ2n) is 5.15. The van der Waals surface area contributed by atoms with E-state index in [0.29, 0.717) is 6.07 Å². The van der Waals surface area contributed by atoms with Crippen molar-refractivity contribution in [3.8, 4) is 11.5 Å². The molecule has 1 amide bonds. The van der Waals surface area contributed by atoms with Gasteiger partial charge in [0.15, 0.2) is 0 Å². The van der Waals surface area contributed by atoms with Crippen LogP contribution in [0.2, 0.25) is 0 Å². The van der Waals surface area contributed by atoms with Crippen molar-refractivity contribution in [3.05, 3.63) is 65.8 Å². The van der Waals surface area contributed by atoms with Crippen molar-refractivity contribution < 1.29 is 22.4 Å². The van der Waals surface area contributed by atoms with Gasteiger partial charge in [-0.05, 0) is 24.3 Å². The van der Waals surface area contributed by atoms with Crippen LogP contribution in [0.3, 0.4) is 0 Å². The molecular weight excluding hydrogens is 335 g/mol. The summed E-state index contributed by atoms with van der Waals surface area (Å²) in [7, 11) is 0. The summed E-state index contributed by atoms with van der Waals surface area (Å²) >= 11 is 0. The van der Waals surface area contributed by atoms with Crippen LogP contribution in [-0.4, -0.2) is 16.1 Å². The molecule has 5 nitrogen and oxygen atoms in total. The maximum Gasteiger partial charge on any atom is 0.250 e. The minimum Gasteiger partial charge on any atom is -0.421 e. The lowest BCUT2D eigenvalue weighted by molar-refractivity contribution is -0.116. The van der Waals surface area contributed by atoms with Crippen LogP contribution in [0.15, 0.2) is 46.9 Å². The van der Waals surface area contributed by atoms with Crippen LogP contribution in [-0.2, 0) is 11.2 Å². The highest BCUT2D eigenvalue weighted by molar-refractivity contribution is 5.90. The first-order chi connectivity index (χ1) is 12.0. The summed E-state index contributed by atoms with van der Waals surface area (Å²) in [6.07, 6.45) is 0.0336. The Balaban J connectivity index is 1.60. The van der Waals surface area contributed by atoms with Crippen molar-refractivity contribution in [2.24, 2.45) is 0 Å². The summed E-state index contributed by atoms with van der Waals surface area (Å²) in [5.74, 6) is -2.44. The first-order valence-electron chi connectivity index (χ1n) is 7.35. The number of rotatable bonds is 5. The first kappa shape index (κ1) is 16.7. The van der Waals surface area contributed by atoms with Crippen molar-refractivity contribution >= 4 is 11.6 Å². The molecular formula is C17H12F3N3O2. The number of benzene rings is 2. The van der Waals surface area contributed by atoms with Gasteiger partial charge in [-0.3, -0.25) is 4.79 Å². The highest BCUT2D eigenvalue weighted by atomic mass is 19.1. The average molecular weight is 347 g/mol.